The lowest BCUT2D eigenvalue weighted by atomic mass is 10.2. The summed E-state index contributed by atoms with van der Waals surface area (Å²) < 4.78 is 14.2. The van der Waals surface area contributed by atoms with Crippen LogP contribution in [-0.2, 0) is 4.79 Å². The number of hydrogen-bond acceptors (Lipinski definition) is 3. The van der Waals surface area contributed by atoms with Crippen molar-refractivity contribution in [3.05, 3.63) is 35.0 Å². The van der Waals surface area contributed by atoms with E-state index in [0.29, 0.717) is 10.1 Å². The highest BCUT2D eigenvalue weighted by molar-refractivity contribution is 7.20. The number of benzene rings is 1. The van der Waals surface area contributed by atoms with Gasteiger partial charge < -0.3 is 10.0 Å². The molecule has 1 amide bonds. The molecular formula is C14H10FNO3S. The van der Waals surface area contributed by atoms with E-state index < -0.39 is 24.2 Å². The fourth-order valence-electron chi connectivity index (χ4n) is 1.76. The molecule has 0 bridgehead atoms. The molecule has 102 valence electrons. The van der Waals surface area contributed by atoms with Crippen molar-refractivity contribution in [3.8, 4) is 12.3 Å². The van der Waals surface area contributed by atoms with Crippen LogP contribution >= 0.6 is 11.3 Å². The smallest absolute Gasteiger partial charge is 0.323 e. The SMILES string of the molecule is C#CCN(CC(=O)O)C(=O)c1cc2c(F)cccc2s1. The predicted octanol–water partition coefficient (Wildman–Crippen LogP) is 2.20. The molecule has 0 unspecified atom stereocenters. The lowest BCUT2D eigenvalue weighted by Crippen LogP contribution is -2.35. The van der Waals surface area contributed by atoms with Crippen LogP contribution in [0.15, 0.2) is 24.3 Å². The molecule has 2 aromatic rings. The summed E-state index contributed by atoms with van der Waals surface area (Å²) in [6.45, 7) is -0.596. The Morgan fingerprint density at radius 3 is 2.80 bits per heavy atom. The molecule has 0 saturated heterocycles. The minimum Gasteiger partial charge on any atom is -0.480 e. The summed E-state index contributed by atoms with van der Waals surface area (Å²) in [6, 6.07) is 5.98. The summed E-state index contributed by atoms with van der Waals surface area (Å²) in [4.78, 5) is 24.2. The number of nitrogens with zero attached hydrogens (tertiary/aromatic N) is 1. The van der Waals surface area contributed by atoms with Gasteiger partial charge in [0, 0.05) is 10.1 Å². The second-order valence-electron chi connectivity index (χ2n) is 4.02. The normalized spacial score (nSPS) is 10.2. The number of aliphatic carboxylic acids is 1. The zero-order chi connectivity index (χ0) is 14.7. The average Bonchev–Trinajstić information content (AvgIpc) is 2.82. The Hall–Kier alpha value is -2.39. The number of amides is 1. The van der Waals surface area contributed by atoms with Crippen molar-refractivity contribution in [1.29, 1.82) is 0 Å². The molecule has 1 heterocycles. The number of halogens is 1. The van der Waals surface area contributed by atoms with Gasteiger partial charge in [0.2, 0.25) is 0 Å². The number of terminal acetylenes is 1. The van der Waals surface area contributed by atoms with Crippen molar-refractivity contribution in [3.63, 3.8) is 0 Å². The van der Waals surface area contributed by atoms with Gasteiger partial charge in [0.05, 0.1) is 11.4 Å². The van der Waals surface area contributed by atoms with Crippen molar-refractivity contribution in [2.75, 3.05) is 13.1 Å². The Kier molecular flexibility index (Phi) is 4.01. The molecule has 20 heavy (non-hydrogen) atoms. The van der Waals surface area contributed by atoms with Crippen molar-refractivity contribution >= 4 is 33.3 Å². The summed E-state index contributed by atoms with van der Waals surface area (Å²) in [5.41, 5.74) is 0. The van der Waals surface area contributed by atoms with E-state index in [2.05, 4.69) is 5.92 Å². The van der Waals surface area contributed by atoms with Crippen LogP contribution in [0.2, 0.25) is 0 Å². The molecule has 0 atom stereocenters. The molecule has 0 aliphatic rings. The molecule has 6 heteroatoms. The summed E-state index contributed by atoms with van der Waals surface area (Å²) in [7, 11) is 0. The van der Waals surface area contributed by atoms with Gasteiger partial charge in [-0.15, -0.1) is 17.8 Å². The molecular weight excluding hydrogens is 281 g/mol. The quantitative estimate of drug-likeness (QED) is 0.879. The molecule has 0 radical (unpaired) electrons. The van der Waals surface area contributed by atoms with Crippen LogP contribution in [0.3, 0.4) is 0 Å². The van der Waals surface area contributed by atoms with Crippen LogP contribution in [0, 0.1) is 18.2 Å². The van der Waals surface area contributed by atoms with E-state index in [1.165, 1.54) is 12.1 Å². The zero-order valence-corrected chi connectivity index (χ0v) is 11.1. The minimum absolute atomic E-state index is 0.109. The first kappa shape index (κ1) is 14.0. The number of carboxylic acids is 1. The van der Waals surface area contributed by atoms with Crippen LogP contribution in [0.5, 0.6) is 0 Å². The molecule has 0 fully saturated rings. The molecule has 2 rings (SSSR count). The van der Waals surface area contributed by atoms with E-state index in [-0.39, 0.29) is 11.4 Å². The van der Waals surface area contributed by atoms with Crippen LogP contribution in [0.1, 0.15) is 9.67 Å². The number of hydrogen-bond donors (Lipinski definition) is 1. The number of fused-ring (bicyclic) bond motifs is 1. The zero-order valence-electron chi connectivity index (χ0n) is 10.3. The third-order valence-electron chi connectivity index (χ3n) is 2.61. The Labute approximate surface area is 118 Å². The van der Waals surface area contributed by atoms with Crippen LogP contribution in [0.25, 0.3) is 10.1 Å². The first-order valence-corrected chi connectivity index (χ1v) is 6.47. The molecule has 1 aromatic carbocycles. The Bertz CT molecular complexity index is 717. The summed E-state index contributed by atoms with van der Waals surface area (Å²) >= 11 is 1.11. The summed E-state index contributed by atoms with van der Waals surface area (Å²) in [6.07, 6.45) is 5.13. The maximum Gasteiger partial charge on any atom is 0.323 e. The average molecular weight is 291 g/mol. The van der Waals surface area contributed by atoms with Gasteiger partial charge in [-0.1, -0.05) is 12.0 Å². The molecule has 0 aliphatic heterocycles. The number of carbonyl (C=O) groups is 2. The van der Waals surface area contributed by atoms with E-state index in [1.807, 2.05) is 0 Å². The Morgan fingerprint density at radius 1 is 1.45 bits per heavy atom. The second-order valence-corrected chi connectivity index (χ2v) is 5.11. The van der Waals surface area contributed by atoms with Gasteiger partial charge in [-0.3, -0.25) is 9.59 Å². The van der Waals surface area contributed by atoms with Crippen LogP contribution in [-0.4, -0.2) is 35.0 Å². The van der Waals surface area contributed by atoms with Crippen LogP contribution in [0.4, 0.5) is 4.39 Å². The van der Waals surface area contributed by atoms with E-state index in [1.54, 1.807) is 12.1 Å². The van der Waals surface area contributed by atoms with Gasteiger partial charge in [0.25, 0.3) is 5.91 Å². The molecule has 0 saturated carbocycles. The van der Waals surface area contributed by atoms with Crippen LogP contribution < -0.4 is 0 Å². The van der Waals surface area contributed by atoms with E-state index in [4.69, 9.17) is 11.5 Å². The number of thiophene rings is 1. The van der Waals surface area contributed by atoms with E-state index >= 15 is 0 Å². The Balaban J connectivity index is 2.36. The maximum atomic E-state index is 13.6. The molecule has 1 N–H and O–H groups in total. The number of carboxylic acid groups (broad SMARTS) is 1. The largest absolute Gasteiger partial charge is 0.480 e. The lowest BCUT2D eigenvalue weighted by molar-refractivity contribution is -0.137. The lowest BCUT2D eigenvalue weighted by Gasteiger charge is -2.16. The van der Waals surface area contributed by atoms with Gasteiger partial charge in [-0.2, -0.15) is 0 Å². The van der Waals surface area contributed by atoms with E-state index in [9.17, 15) is 14.0 Å². The third-order valence-corrected chi connectivity index (χ3v) is 3.70. The van der Waals surface area contributed by atoms with Gasteiger partial charge >= 0.3 is 5.97 Å². The molecule has 0 spiro atoms. The number of rotatable bonds is 4. The fraction of sp³-hybridized carbons (Fsp3) is 0.143. The molecule has 4 nitrogen and oxygen atoms in total. The van der Waals surface area contributed by atoms with Gasteiger partial charge in [-0.05, 0) is 18.2 Å². The first-order chi connectivity index (χ1) is 9.52. The Morgan fingerprint density at radius 2 is 2.20 bits per heavy atom. The molecule has 1 aromatic heterocycles. The van der Waals surface area contributed by atoms with Crippen molar-refractivity contribution in [1.82, 2.24) is 4.90 Å². The first-order valence-electron chi connectivity index (χ1n) is 5.65. The minimum atomic E-state index is -1.15. The third kappa shape index (κ3) is 2.78. The predicted molar refractivity (Wildman–Crippen MR) is 74.2 cm³/mol. The van der Waals surface area contributed by atoms with E-state index in [0.717, 1.165) is 16.2 Å². The summed E-state index contributed by atoms with van der Waals surface area (Å²) in [5, 5.41) is 9.12. The highest BCUT2D eigenvalue weighted by Gasteiger charge is 2.20. The fourth-order valence-corrected chi connectivity index (χ4v) is 2.80. The van der Waals surface area contributed by atoms with Crippen molar-refractivity contribution in [2.24, 2.45) is 0 Å². The van der Waals surface area contributed by atoms with Crippen molar-refractivity contribution < 1.29 is 19.1 Å². The standard InChI is InChI=1S/C14H10FNO3S/c1-2-6-16(8-13(17)18)14(19)12-7-9-10(15)4-3-5-11(9)20-12/h1,3-5,7H,6,8H2,(H,17,18). The topological polar surface area (TPSA) is 57.6 Å². The monoisotopic (exact) mass is 291 g/mol. The highest BCUT2D eigenvalue weighted by atomic mass is 32.1. The summed E-state index contributed by atoms with van der Waals surface area (Å²) in [5.74, 6) is 0.164. The van der Waals surface area contributed by atoms with Crippen molar-refractivity contribution in [2.45, 2.75) is 0 Å². The number of carbonyl (C=O) groups excluding carboxylic acids is 1. The van der Waals surface area contributed by atoms with Gasteiger partial charge in [0.1, 0.15) is 12.4 Å². The molecule has 0 aliphatic carbocycles. The highest BCUT2D eigenvalue weighted by Crippen LogP contribution is 2.28. The van der Waals surface area contributed by atoms with Gasteiger partial charge in [0.15, 0.2) is 0 Å². The second kappa shape index (κ2) is 5.72. The maximum absolute atomic E-state index is 13.6. The van der Waals surface area contributed by atoms with Gasteiger partial charge in [-0.25, -0.2) is 4.39 Å².